The van der Waals surface area contributed by atoms with Crippen molar-refractivity contribution in [2.45, 2.75) is 193 Å². The van der Waals surface area contributed by atoms with Gasteiger partial charge in [-0.2, -0.15) is 0 Å². The summed E-state index contributed by atoms with van der Waals surface area (Å²) < 4.78 is 5.82. The number of nitrogens with zero attached hydrogens (tertiary/aromatic N) is 2. The predicted molar refractivity (Wildman–Crippen MR) is 192 cm³/mol. The van der Waals surface area contributed by atoms with Crippen molar-refractivity contribution >= 4 is 11.9 Å². The normalized spacial score (nSPS) is 16.9. The lowest BCUT2D eigenvalue weighted by Crippen LogP contribution is -2.44. The van der Waals surface area contributed by atoms with Crippen LogP contribution in [-0.2, 0) is 14.3 Å². The molecule has 0 unspecified atom stereocenters. The number of hydrogen-bond acceptors (Lipinski definition) is 6. The average Bonchev–Trinajstić information content (AvgIpc) is 3.05. The Morgan fingerprint density at radius 1 is 0.652 bits per heavy atom. The lowest BCUT2D eigenvalue weighted by molar-refractivity contribution is -0.145. The summed E-state index contributed by atoms with van der Waals surface area (Å²) in [6.45, 7) is 8.08. The highest BCUT2D eigenvalue weighted by atomic mass is 16.5. The molecule has 1 fully saturated rings. The predicted octanol–water partition coefficient (Wildman–Crippen LogP) is 9.39. The third-order valence-electron chi connectivity index (χ3n) is 10.3. The van der Waals surface area contributed by atoms with E-state index >= 15 is 0 Å². The van der Waals surface area contributed by atoms with E-state index in [2.05, 4.69) is 30.7 Å². The molecule has 0 radical (unpaired) electrons. The lowest BCUT2D eigenvalue weighted by Gasteiger charge is -2.39. The number of esters is 1. The third-order valence-corrected chi connectivity index (χ3v) is 10.3. The molecule has 272 valence electrons. The van der Waals surface area contributed by atoms with Crippen molar-refractivity contribution in [1.29, 1.82) is 0 Å². The highest BCUT2D eigenvalue weighted by Crippen LogP contribution is 2.27. The molecule has 0 aromatic carbocycles. The van der Waals surface area contributed by atoms with E-state index in [1.165, 1.54) is 103 Å². The Morgan fingerprint density at radius 3 is 1.72 bits per heavy atom. The third kappa shape index (κ3) is 23.2. The fourth-order valence-electron chi connectivity index (χ4n) is 7.25. The molecular weight excluding hydrogens is 576 g/mol. The van der Waals surface area contributed by atoms with Crippen molar-refractivity contribution in [2.75, 3.05) is 39.9 Å². The molecule has 1 rings (SSSR count). The molecule has 7 nitrogen and oxygen atoms in total. The maximum Gasteiger partial charge on any atom is 0.305 e. The van der Waals surface area contributed by atoms with Gasteiger partial charge >= 0.3 is 11.9 Å². The summed E-state index contributed by atoms with van der Waals surface area (Å²) in [7, 11) is 2.25. The molecule has 46 heavy (non-hydrogen) atoms. The number of carboxylic acid groups (broad SMARTS) is 1. The van der Waals surface area contributed by atoms with Crippen LogP contribution in [0.4, 0.5) is 0 Å². The van der Waals surface area contributed by atoms with Gasteiger partial charge in [0.05, 0.1) is 13.2 Å². The van der Waals surface area contributed by atoms with Crippen molar-refractivity contribution in [3.63, 3.8) is 0 Å². The number of aliphatic hydroxyl groups excluding tert-OH is 1. The first-order chi connectivity index (χ1) is 22.4. The summed E-state index contributed by atoms with van der Waals surface area (Å²) >= 11 is 0. The second-order valence-electron chi connectivity index (χ2n) is 14.4. The van der Waals surface area contributed by atoms with Crippen LogP contribution in [0.5, 0.6) is 0 Å². The molecule has 0 heterocycles. The molecule has 0 aliphatic heterocycles. The molecule has 0 spiro atoms. The highest BCUT2D eigenvalue weighted by molar-refractivity contribution is 5.69. The quantitative estimate of drug-likeness (QED) is 0.0553. The number of carbonyl (C=O) groups is 2. The maximum atomic E-state index is 12.6. The Labute approximate surface area is 284 Å². The Hall–Kier alpha value is -1.18. The smallest absolute Gasteiger partial charge is 0.305 e. The molecule has 1 aliphatic carbocycles. The van der Waals surface area contributed by atoms with Crippen molar-refractivity contribution in [3.05, 3.63) is 0 Å². The highest BCUT2D eigenvalue weighted by Gasteiger charge is 2.27. The van der Waals surface area contributed by atoms with Gasteiger partial charge in [-0.25, -0.2) is 0 Å². The van der Waals surface area contributed by atoms with Gasteiger partial charge in [0, 0.05) is 31.5 Å². The molecule has 0 atom stereocenters. The van der Waals surface area contributed by atoms with Gasteiger partial charge in [-0.1, -0.05) is 104 Å². The minimum absolute atomic E-state index is 0.00288. The monoisotopic (exact) mass is 653 g/mol. The minimum atomic E-state index is -0.714. The zero-order chi connectivity index (χ0) is 33.7. The number of rotatable bonds is 32. The number of carboxylic acids is 1. The van der Waals surface area contributed by atoms with Crippen LogP contribution in [0, 0.1) is 5.92 Å². The first kappa shape index (κ1) is 42.8. The first-order valence-electron chi connectivity index (χ1n) is 19.8. The molecule has 0 amide bonds. The minimum Gasteiger partial charge on any atom is -0.481 e. The van der Waals surface area contributed by atoms with Crippen molar-refractivity contribution in [1.82, 2.24) is 9.80 Å². The van der Waals surface area contributed by atoms with Crippen LogP contribution in [0.2, 0.25) is 0 Å². The Bertz CT molecular complexity index is 696. The average molecular weight is 653 g/mol. The number of carbonyl (C=O) groups excluding carboxylic acids is 1. The van der Waals surface area contributed by atoms with Gasteiger partial charge in [0.1, 0.15) is 0 Å². The zero-order valence-electron chi connectivity index (χ0n) is 30.7. The van der Waals surface area contributed by atoms with E-state index in [4.69, 9.17) is 9.84 Å². The number of unbranched alkanes of at least 4 members (excludes halogenated alkanes) is 14. The van der Waals surface area contributed by atoms with E-state index in [1.807, 2.05) is 0 Å². The number of ether oxygens (including phenoxy) is 1. The topological polar surface area (TPSA) is 90.3 Å². The number of aliphatic carboxylic acids is 1. The summed E-state index contributed by atoms with van der Waals surface area (Å²) in [5.41, 5.74) is 0. The van der Waals surface area contributed by atoms with E-state index in [0.717, 1.165) is 64.5 Å². The fraction of sp³-hybridized carbons (Fsp3) is 0.949. The molecule has 1 aliphatic rings. The number of hydrogen-bond donors (Lipinski definition) is 2. The molecule has 0 bridgehead atoms. The second-order valence-corrected chi connectivity index (χ2v) is 14.4. The number of aliphatic hydroxyl groups is 1. The van der Waals surface area contributed by atoms with Crippen molar-refractivity contribution in [3.8, 4) is 0 Å². The van der Waals surface area contributed by atoms with Crippen molar-refractivity contribution < 1.29 is 24.5 Å². The Morgan fingerprint density at radius 2 is 1.15 bits per heavy atom. The van der Waals surface area contributed by atoms with Gasteiger partial charge in [-0.05, 0) is 90.3 Å². The summed E-state index contributed by atoms with van der Waals surface area (Å²) in [6.07, 6.45) is 29.5. The summed E-state index contributed by atoms with van der Waals surface area (Å²) in [6, 6.07) is 1.14. The van der Waals surface area contributed by atoms with Gasteiger partial charge < -0.3 is 19.8 Å². The van der Waals surface area contributed by atoms with Crippen LogP contribution in [0.3, 0.4) is 0 Å². The molecule has 7 heteroatoms. The summed E-state index contributed by atoms with van der Waals surface area (Å²) in [5, 5.41) is 18.4. The van der Waals surface area contributed by atoms with Crippen molar-refractivity contribution in [2.24, 2.45) is 5.92 Å². The van der Waals surface area contributed by atoms with Gasteiger partial charge in [-0.3, -0.25) is 14.5 Å². The van der Waals surface area contributed by atoms with Gasteiger partial charge in [0.15, 0.2) is 0 Å². The first-order valence-corrected chi connectivity index (χ1v) is 19.8. The zero-order valence-corrected chi connectivity index (χ0v) is 30.7. The molecule has 1 saturated carbocycles. The van der Waals surface area contributed by atoms with Gasteiger partial charge in [0.2, 0.25) is 0 Å². The molecule has 2 N–H and O–H groups in total. The van der Waals surface area contributed by atoms with E-state index in [-0.39, 0.29) is 19.0 Å². The summed E-state index contributed by atoms with van der Waals surface area (Å²) in [5.74, 6) is -0.185. The SMILES string of the molecule is CCCCCCCCC(CCCCCCCC)COC(=O)CCCCCN(C)C1CCC(N(CCO)CCCCCC(=O)O)CC1. The van der Waals surface area contributed by atoms with E-state index in [9.17, 15) is 14.7 Å². The Balaban J connectivity index is 2.24. The van der Waals surface area contributed by atoms with Crippen LogP contribution >= 0.6 is 0 Å². The molecule has 0 aromatic heterocycles. The Kier molecular flexibility index (Phi) is 27.9. The lowest BCUT2D eigenvalue weighted by atomic mass is 9.89. The maximum absolute atomic E-state index is 12.6. The summed E-state index contributed by atoms with van der Waals surface area (Å²) in [4.78, 5) is 28.3. The molecular formula is C39H76N2O5. The van der Waals surface area contributed by atoms with E-state index in [1.54, 1.807) is 0 Å². The van der Waals surface area contributed by atoms with Crippen LogP contribution < -0.4 is 0 Å². The fourth-order valence-corrected chi connectivity index (χ4v) is 7.25. The van der Waals surface area contributed by atoms with Crippen LogP contribution in [0.15, 0.2) is 0 Å². The van der Waals surface area contributed by atoms with Gasteiger partial charge in [0.25, 0.3) is 0 Å². The van der Waals surface area contributed by atoms with Crippen LogP contribution in [-0.4, -0.2) is 83.9 Å². The molecule has 0 aromatic rings. The largest absolute Gasteiger partial charge is 0.481 e. The second kappa shape index (κ2) is 29.9. The van der Waals surface area contributed by atoms with Gasteiger partial charge in [-0.15, -0.1) is 0 Å². The molecule has 0 saturated heterocycles. The van der Waals surface area contributed by atoms with Crippen LogP contribution in [0.1, 0.15) is 181 Å². The van der Waals surface area contributed by atoms with E-state index in [0.29, 0.717) is 37.6 Å². The van der Waals surface area contributed by atoms with E-state index < -0.39 is 5.97 Å². The van der Waals surface area contributed by atoms with Crippen LogP contribution in [0.25, 0.3) is 0 Å². The standard InChI is InChI=1S/C39H76N2O5/c1-4-6-8-10-12-16-22-35(23-17-13-11-9-7-5-2)34-46-39(45)25-19-15-20-30-40(3)36-26-28-37(29-27-36)41(32-33-42)31-21-14-18-24-38(43)44/h35-37,42H,4-34H2,1-3H3,(H,43,44).